The van der Waals surface area contributed by atoms with Crippen LogP contribution in [0.2, 0.25) is 0 Å². The molecular formula is C11H6NOS. The third-order valence-corrected chi connectivity index (χ3v) is 2.61. The van der Waals surface area contributed by atoms with Gasteiger partial charge in [-0.2, -0.15) is 0 Å². The summed E-state index contributed by atoms with van der Waals surface area (Å²) in [5.74, 6) is 0.809. The van der Waals surface area contributed by atoms with Crippen LogP contribution in [0.3, 0.4) is 0 Å². The molecule has 2 heterocycles. The van der Waals surface area contributed by atoms with Crippen LogP contribution >= 0.6 is 11.3 Å². The summed E-state index contributed by atoms with van der Waals surface area (Å²) in [7, 11) is 0. The second-order valence-corrected chi connectivity index (χ2v) is 3.63. The Labute approximate surface area is 84.8 Å². The predicted octanol–water partition coefficient (Wildman–Crippen LogP) is 3.36. The van der Waals surface area contributed by atoms with Gasteiger partial charge in [-0.1, -0.05) is 18.2 Å². The van der Waals surface area contributed by atoms with Crippen LogP contribution in [0, 0.1) is 5.51 Å². The maximum atomic E-state index is 5.64. The van der Waals surface area contributed by atoms with Crippen LogP contribution in [0.1, 0.15) is 0 Å². The Morgan fingerprint density at radius 3 is 3.00 bits per heavy atom. The Hall–Kier alpha value is -1.61. The largest absolute Gasteiger partial charge is 0.454 e. The molecule has 67 valence electrons. The topological polar surface area (TPSA) is 26.0 Å². The molecule has 0 bridgehead atoms. The van der Waals surface area contributed by atoms with Crippen molar-refractivity contribution in [3.8, 4) is 11.5 Å². The zero-order valence-corrected chi connectivity index (χ0v) is 8.04. The van der Waals surface area contributed by atoms with Crippen molar-refractivity contribution in [3.05, 3.63) is 41.2 Å². The Morgan fingerprint density at radius 2 is 2.21 bits per heavy atom. The second-order valence-electron chi connectivity index (χ2n) is 2.97. The number of benzene rings is 1. The molecule has 2 aromatic heterocycles. The minimum atomic E-state index is 0.809. The first-order valence-corrected chi connectivity index (χ1v) is 5.12. The smallest absolute Gasteiger partial charge is 0.154 e. The summed E-state index contributed by atoms with van der Waals surface area (Å²) in [6.07, 6.45) is 0. The molecule has 0 fully saturated rings. The number of furan rings is 1. The highest BCUT2D eigenvalue weighted by molar-refractivity contribution is 7.07. The average molecular weight is 200 g/mol. The van der Waals surface area contributed by atoms with Gasteiger partial charge in [0, 0.05) is 10.8 Å². The zero-order valence-electron chi connectivity index (χ0n) is 7.23. The third kappa shape index (κ3) is 1.14. The van der Waals surface area contributed by atoms with Gasteiger partial charge in [0.15, 0.2) is 11.3 Å². The van der Waals surface area contributed by atoms with Crippen LogP contribution in [0.4, 0.5) is 0 Å². The summed E-state index contributed by atoms with van der Waals surface area (Å²) < 4.78 is 5.64. The highest BCUT2D eigenvalue weighted by Gasteiger charge is 2.06. The Balaban J connectivity index is 2.24. The van der Waals surface area contributed by atoms with Crippen molar-refractivity contribution < 1.29 is 4.42 Å². The Kier molecular flexibility index (Phi) is 1.64. The van der Waals surface area contributed by atoms with Gasteiger partial charge in [0.1, 0.15) is 11.3 Å². The van der Waals surface area contributed by atoms with Gasteiger partial charge in [0.2, 0.25) is 0 Å². The standard InChI is InChI=1S/C11H6NOS/c1-2-4-10-8(3-1)5-11(13-10)9-6-14-7-12-9/h1-6H. The van der Waals surface area contributed by atoms with Crippen LogP contribution < -0.4 is 0 Å². The Morgan fingerprint density at radius 1 is 1.29 bits per heavy atom. The van der Waals surface area contributed by atoms with Crippen LogP contribution in [0.15, 0.2) is 40.1 Å². The van der Waals surface area contributed by atoms with E-state index in [0.29, 0.717) is 0 Å². The van der Waals surface area contributed by atoms with E-state index in [1.807, 2.05) is 35.7 Å². The molecule has 0 aliphatic carbocycles. The summed E-state index contributed by atoms with van der Waals surface area (Å²) in [5.41, 5.74) is 4.56. The van der Waals surface area contributed by atoms with Gasteiger partial charge in [0.25, 0.3) is 0 Å². The molecule has 14 heavy (non-hydrogen) atoms. The van der Waals surface area contributed by atoms with Crippen molar-refractivity contribution in [2.24, 2.45) is 0 Å². The number of para-hydroxylation sites is 1. The Bertz CT molecular complexity index is 520. The van der Waals surface area contributed by atoms with Gasteiger partial charge < -0.3 is 4.42 Å². The molecule has 0 atom stereocenters. The zero-order chi connectivity index (χ0) is 9.38. The fraction of sp³-hybridized carbons (Fsp3) is 0. The second kappa shape index (κ2) is 2.96. The molecule has 3 heteroatoms. The maximum absolute atomic E-state index is 5.64. The van der Waals surface area contributed by atoms with E-state index in [-0.39, 0.29) is 0 Å². The molecule has 0 saturated carbocycles. The summed E-state index contributed by atoms with van der Waals surface area (Å²) in [5, 5.41) is 3.04. The summed E-state index contributed by atoms with van der Waals surface area (Å²) in [4.78, 5) is 4.08. The van der Waals surface area contributed by atoms with Gasteiger partial charge in [-0.05, 0) is 12.1 Å². The lowest BCUT2D eigenvalue weighted by Gasteiger charge is -1.85. The molecular weight excluding hydrogens is 194 g/mol. The van der Waals surface area contributed by atoms with Crippen molar-refractivity contribution in [1.82, 2.24) is 4.98 Å². The molecule has 2 nitrogen and oxygen atoms in total. The van der Waals surface area contributed by atoms with E-state index >= 15 is 0 Å². The highest BCUT2D eigenvalue weighted by Crippen LogP contribution is 2.26. The van der Waals surface area contributed by atoms with Gasteiger partial charge in [-0.3, -0.25) is 0 Å². The summed E-state index contributed by atoms with van der Waals surface area (Å²) in [6, 6.07) is 9.93. The van der Waals surface area contributed by atoms with Crippen LogP contribution in [0.25, 0.3) is 22.4 Å². The van der Waals surface area contributed by atoms with Crippen molar-refractivity contribution in [1.29, 1.82) is 0 Å². The first-order chi connectivity index (χ1) is 6.93. The van der Waals surface area contributed by atoms with Gasteiger partial charge in [0.05, 0.1) is 0 Å². The first kappa shape index (κ1) is 7.76. The number of aromatic nitrogens is 1. The lowest BCUT2D eigenvalue weighted by Crippen LogP contribution is -1.68. The highest BCUT2D eigenvalue weighted by atomic mass is 32.1. The summed E-state index contributed by atoms with van der Waals surface area (Å²) >= 11 is 1.45. The molecule has 0 amide bonds. The number of hydrogen-bond acceptors (Lipinski definition) is 3. The first-order valence-electron chi connectivity index (χ1n) is 4.24. The molecule has 0 saturated heterocycles. The lowest BCUT2D eigenvalue weighted by atomic mass is 10.2. The summed E-state index contributed by atoms with van der Waals surface area (Å²) in [6.45, 7) is 0. The van der Waals surface area contributed by atoms with Crippen molar-refractivity contribution in [2.45, 2.75) is 0 Å². The molecule has 0 aliphatic rings. The normalized spacial score (nSPS) is 10.9. The molecule has 1 aromatic carbocycles. The minimum Gasteiger partial charge on any atom is -0.454 e. The maximum Gasteiger partial charge on any atom is 0.154 e. The van der Waals surface area contributed by atoms with E-state index in [1.54, 1.807) is 0 Å². The predicted molar refractivity (Wildman–Crippen MR) is 56.2 cm³/mol. The van der Waals surface area contributed by atoms with E-state index in [1.165, 1.54) is 11.3 Å². The number of hydrogen-bond donors (Lipinski definition) is 0. The monoisotopic (exact) mass is 200 g/mol. The van der Waals surface area contributed by atoms with Crippen LogP contribution in [0.5, 0.6) is 0 Å². The molecule has 0 unspecified atom stereocenters. The average Bonchev–Trinajstić information content (AvgIpc) is 2.86. The number of thiazole rings is 1. The molecule has 3 rings (SSSR count). The lowest BCUT2D eigenvalue weighted by molar-refractivity contribution is 0.629. The van der Waals surface area contributed by atoms with Gasteiger partial charge in [-0.15, -0.1) is 11.3 Å². The van der Waals surface area contributed by atoms with E-state index < -0.39 is 0 Å². The van der Waals surface area contributed by atoms with E-state index in [0.717, 1.165) is 22.4 Å². The minimum absolute atomic E-state index is 0.809. The molecule has 0 N–H and O–H groups in total. The van der Waals surface area contributed by atoms with Crippen LogP contribution in [-0.4, -0.2) is 4.98 Å². The van der Waals surface area contributed by atoms with E-state index in [4.69, 9.17) is 4.42 Å². The van der Waals surface area contributed by atoms with Crippen molar-refractivity contribution in [2.75, 3.05) is 0 Å². The van der Waals surface area contributed by atoms with Crippen LogP contribution in [-0.2, 0) is 0 Å². The molecule has 0 aliphatic heterocycles. The third-order valence-electron chi connectivity index (χ3n) is 2.07. The number of nitrogens with zero attached hydrogens (tertiary/aromatic N) is 1. The van der Waals surface area contributed by atoms with Gasteiger partial charge >= 0.3 is 0 Å². The molecule has 0 spiro atoms. The molecule has 1 radical (unpaired) electrons. The molecule has 3 aromatic rings. The van der Waals surface area contributed by atoms with E-state index in [2.05, 4.69) is 10.5 Å². The fourth-order valence-corrected chi connectivity index (χ4v) is 1.89. The quantitative estimate of drug-likeness (QED) is 0.602. The van der Waals surface area contributed by atoms with Gasteiger partial charge in [-0.25, -0.2) is 4.98 Å². The van der Waals surface area contributed by atoms with Crippen molar-refractivity contribution in [3.63, 3.8) is 0 Å². The van der Waals surface area contributed by atoms with E-state index in [9.17, 15) is 0 Å². The number of fused-ring (bicyclic) bond motifs is 1. The van der Waals surface area contributed by atoms with Crippen molar-refractivity contribution >= 4 is 22.3 Å². The number of rotatable bonds is 1. The fourth-order valence-electron chi connectivity index (χ4n) is 1.41. The SMILES string of the molecule is [c]1nc(-c2cc3ccccc3o2)cs1.